The predicted molar refractivity (Wildman–Crippen MR) is 75.7 cm³/mol. The van der Waals surface area contributed by atoms with E-state index in [1.165, 1.54) is 11.8 Å². The van der Waals surface area contributed by atoms with Crippen molar-refractivity contribution in [2.24, 2.45) is 0 Å². The quantitative estimate of drug-likeness (QED) is 0.873. The minimum atomic E-state index is -0.478. The molecule has 5 heteroatoms. The number of aliphatic hydroxyl groups is 1. The highest BCUT2D eigenvalue weighted by atomic mass is 79.9. The number of aryl methyl sites for hydroxylation is 1. The largest absolute Gasteiger partial charge is 0.389 e. The Balaban J connectivity index is 2.20. The van der Waals surface area contributed by atoms with Gasteiger partial charge in [-0.2, -0.15) is 0 Å². The van der Waals surface area contributed by atoms with Crippen LogP contribution < -0.4 is 0 Å². The molecule has 0 saturated heterocycles. The van der Waals surface area contributed by atoms with Crippen LogP contribution in [0.5, 0.6) is 0 Å². The molecule has 0 spiro atoms. The Bertz CT molecular complexity index is 543. The summed E-state index contributed by atoms with van der Waals surface area (Å²) in [5, 5.41) is 10.3. The van der Waals surface area contributed by atoms with Crippen molar-refractivity contribution in [3.8, 4) is 0 Å². The van der Waals surface area contributed by atoms with E-state index in [0.29, 0.717) is 0 Å². The van der Waals surface area contributed by atoms with Crippen molar-refractivity contribution < 1.29 is 5.11 Å². The predicted octanol–water partition coefficient (Wildman–Crippen LogP) is 3.75. The molecule has 18 heavy (non-hydrogen) atoms. The summed E-state index contributed by atoms with van der Waals surface area (Å²) in [6.07, 6.45) is 3.12. The molecule has 0 aliphatic carbocycles. The summed E-state index contributed by atoms with van der Waals surface area (Å²) in [7, 11) is 0. The summed E-state index contributed by atoms with van der Waals surface area (Å²) < 4.78 is 0.898. The van der Waals surface area contributed by atoms with Gasteiger partial charge < -0.3 is 5.11 Å². The highest BCUT2D eigenvalue weighted by Crippen LogP contribution is 2.31. The molecule has 2 rings (SSSR count). The molecule has 0 aliphatic heterocycles. The fraction of sp³-hybridized carbons (Fsp3) is 0.231. The van der Waals surface area contributed by atoms with Gasteiger partial charge in [-0.15, -0.1) is 0 Å². The van der Waals surface area contributed by atoms with Crippen LogP contribution in [0.25, 0.3) is 0 Å². The molecule has 0 aliphatic rings. The van der Waals surface area contributed by atoms with Gasteiger partial charge in [-0.3, -0.25) is 0 Å². The van der Waals surface area contributed by atoms with Gasteiger partial charge in [-0.25, -0.2) is 9.97 Å². The van der Waals surface area contributed by atoms with Crippen LogP contribution in [0.2, 0.25) is 0 Å². The lowest BCUT2D eigenvalue weighted by atomic mass is 10.1. The number of hydrogen-bond acceptors (Lipinski definition) is 4. The Kier molecular flexibility index (Phi) is 4.37. The van der Waals surface area contributed by atoms with Gasteiger partial charge in [0.05, 0.1) is 6.10 Å². The fourth-order valence-electron chi connectivity index (χ4n) is 1.45. The van der Waals surface area contributed by atoms with Crippen molar-refractivity contribution in [2.75, 3.05) is 0 Å². The van der Waals surface area contributed by atoms with Crippen molar-refractivity contribution in [1.82, 2.24) is 9.97 Å². The Morgan fingerprint density at radius 3 is 2.50 bits per heavy atom. The van der Waals surface area contributed by atoms with E-state index in [1.54, 1.807) is 19.3 Å². The smallest absolute Gasteiger partial charge is 0.192 e. The van der Waals surface area contributed by atoms with E-state index < -0.39 is 6.10 Å². The SMILES string of the molecule is Cc1cnc(Sc2ccc([C@@H](C)O)c(Br)c2)nc1. The number of aromatic nitrogens is 2. The van der Waals surface area contributed by atoms with Crippen LogP contribution in [0.1, 0.15) is 24.2 Å². The van der Waals surface area contributed by atoms with Crippen LogP contribution in [0.4, 0.5) is 0 Å². The first kappa shape index (κ1) is 13.5. The van der Waals surface area contributed by atoms with E-state index in [1.807, 2.05) is 25.1 Å². The normalized spacial score (nSPS) is 12.4. The van der Waals surface area contributed by atoms with Crippen LogP contribution in [0.15, 0.2) is 45.1 Å². The molecule has 0 unspecified atom stereocenters. The molecule has 3 nitrogen and oxygen atoms in total. The van der Waals surface area contributed by atoms with Gasteiger partial charge in [0.15, 0.2) is 5.16 Å². The number of hydrogen-bond donors (Lipinski definition) is 1. The number of rotatable bonds is 3. The van der Waals surface area contributed by atoms with Gasteiger partial charge in [-0.1, -0.05) is 22.0 Å². The molecule has 0 amide bonds. The molecule has 0 radical (unpaired) electrons. The van der Waals surface area contributed by atoms with Crippen LogP contribution in [0.3, 0.4) is 0 Å². The molecule has 0 saturated carbocycles. The zero-order chi connectivity index (χ0) is 13.1. The van der Waals surface area contributed by atoms with Crippen LogP contribution in [-0.2, 0) is 0 Å². The van der Waals surface area contributed by atoms with E-state index in [4.69, 9.17) is 0 Å². The second-order valence-corrected chi connectivity index (χ2v) is 5.90. The molecular formula is C13H13BrN2OS. The first-order valence-electron chi connectivity index (χ1n) is 5.50. The van der Waals surface area contributed by atoms with Gasteiger partial charge in [-0.05, 0) is 48.9 Å². The van der Waals surface area contributed by atoms with E-state index in [9.17, 15) is 5.11 Å². The topological polar surface area (TPSA) is 46.0 Å². The molecule has 0 bridgehead atoms. The van der Waals surface area contributed by atoms with Crippen molar-refractivity contribution in [1.29, 1.82) is 0 Å². The van der Waals surface area contributed by atoms with E-state index >= 15 is 0 Å². The van der Waals surface area contributed by atoms with Crippen molar-refractivity contribution >= 4 is 27.7 Å². The van der Waals surface area contributed by atoms with Crippen LogP contribution >= 0.6 is 27.7 Å². The molecule has 1 heterocycles. The highest BCUT2D eigenvalue weighted by molar-refractivity contribution is 9.10. The molecule has 2 aromatic rings. The molecular weight excluding hydrogens is 312 g/mol. The molecule has 1 aromatic heterocycles. The van der Waals surface area contributed by atoms with E-state index in [0.717, 1.165) is 25.7 Å². The van der Waals surface area contributed by atoms with Crippen LogP contribution in [0, 0.1) is 6.92 Å². The zero-order valence-corrected chi connectivity index (χ0v) is 12.5. The maximum Gasteiger partial charge on any atom is 0.192 e. The third-order valence-corrected chi connectivity index (χ3v) is 3.96. The average Bonchev–Trinajstić information content (AvgIpc) is 2.32. The first-order chi connectivity index (χ1) is 8.56. The van der Waals surface area contributed by atoms with E-state index in [2.05, 4.69) is 25.9 Å². The summed E-state index contributed by atoms with van der Waals surface area (Å²) in [5.41, 5.74) is 1.93. The molecule has 1 aromatic carbocycles. The van der Waals surface area contributed by atoms with Crippen LogP contribution in [-0.4, -0.2) is 15.1 Å². The summed E-state index contributed by atoms with van der Waals surface area (Å²) in [5.74, 6) is 0. The lowest BCUT2D eigenvalue weighted by molar-refractivity contribution is 0.198. The molecule has 1 atom stereocenters. The number of benzene rings is 1. The van der Waals surface area contributed by atoms with Crippen molar-refractivity contribution in [3.63, 3.8) is 0 Å². The lowest BCUT2D eigenvalue weighted by Gasteiger charge is -2.09. The number of halogens is 1. The number of aliphatic hydroxyl groups excluding tert-OH is 1. The Morgan fingerprint density at radius 2 is 1.94 bits per heavy atom. The third-order valence-electron chi connectivity index (χ3n) is 2.39. The summed E-state index contributed by atoms with van der Waals surface area (Å²) >= 11 is 4.96. The third kappa shape index (κ3) is 3.31. The lowest BCUT2D eigenvalue weighted by Crippen LogP contribution is -1.92. The molecule has 0 fully saturated rings. The van der Waals surface area contributed by atoms with Crippen molar-refractivity contribution in [2.45, 2.75) is 30.0 Å². The van der Waals surface area contributed by atoms with Gasteiger partial charge in [0, 0.05) is 21.8 Å². The Labute approximate surface area is 119 Å². The van der Waals surface area contributed by atoms with E-state index in [-0.39, 0.29) is 0 Å². The second kappa shape index (κ2) is 5.82. The van der Waals surface area contributed by atoms with Gasteiger partial charge in [0.1, 0.15) is 0 Å². The zero-order valence-electron chi connectivity index (χ0n) is 10.1. The maximum absolute atomic E-state index is 9.55. The Hall–Kier alpha value is -0.910. The monoisotopic (exact) mass is 324 g/mol. The van der Waals surface area contributed by atoms with Crippen molar-refractivity contribution in [3.05, 3.63) is 46.2 Å². The van der Waals surface area contributed by atoms with Gasteiger partial charge in [0.2, 0.25) is 0 Å². The van der Waals surface area contributed by atoms with Gasteiger partial charge in [0.25, 0.3) is 0 Å². The first-order valence-corrected chi connectivity index (χ1v) is 7.11. The molecule has 94 valence electrons. The minimum Gasteiger partial charge on any atom is -0.389 e. The van der Waals surface area contributed by atoms with Gasteiger partial charge >= 0.3 is 0 Å². The standard InChI is InChI=1S/C13H13BrN2OS/c1-8-6-15-13(16-7-8)18-10-3-4-11(9(2)17)12(14)5-10/h3-7,9,17H,1-2H3/t9-/m1/s1. The number of nitrogens with zero attached hydrogens (tertiary/aromatic N) is 2. The summed E-state index contributed by atoms with van der Waals surface area (Å²) in [6.45, 7) is 3.71. The average molecular weight is 325 g/mol. The fourth-order valence-corrected chi connectivity index (χ4v) is 3.05. The highest BCUT2D eigenvalue weighted by Gasteiger charge is 2.08. The second-order valence-electron chi connectivity index (χ2n) is 4.00. The Morgan fingerprint density at radius 1 is 1.28 bits per heavy atom. The minimum absolute atomic E-state index is 0.478. The summed E-state index contributed by atoms with van der Waals surface area (Å²) in [4.78, 5) is 9.53. The maximum atomic E-state index is 9.55. The summed E-state index contributed by atoms with van der Waals surface area (Å²) in [6, 6.07) is 5.84. The molecule has 1 N–H and O–H groups in total.